The summed E-state index contributed by atoms with van der Waals surface area (Å²) in [5, 5.41) is 8.80. The molecule has 0 spiro atoms. The second kappa shape index (κ2) is 8.35. The lowest BCUT2D eigenvalue weighted by Gasteiger charge is -2.33. The maximum absolute atomic E-state index is 6.34. The first-order valence-electron chi connectivity index (χ1n) is 8.60. The standard InChI is InChI=1S/C20H24Cl2N2/c1-14(19-8-7-16(21)12-20(19)22)24-17-9-10-23-18(13-17)11-15-5-3-2-4-6-15/h2-8,12,14,17-18,23-24H,9-11,13H2,1H3. The largest absolute Gasteiger partial charge is 0.314 e. The molecule has 0 saturated carbocycles. The molecule has 3 unspecified atom stereocenters. The summed E-state index contributed by atoms with van der Waals surface area (Å²) < 4.78 is 0. The topological polar surface area (TPSA) is 24.1 Å². The van der Waals surface area contributed by atoms with Crippen LogP contribution in [0.25, 0.3) is 0 Å². The van der Waals surface area contributed by atoms with Crippen LogP contribution in [0.1, 0.15) is 36.9 Å². The Morgan fingerprint density at radius 2 is 1.96 bits per heavy atom. The zero-order valence-electron chi connectivity index (χ0n) is 13.9. The summed E-state index contributed by atoms with van der Waals surface area (Å²) >= 11 is 12.3. The first-order valence-corrected chi connectivity index (χ1v) is 9.35. The SMILES string of the molecule is CC(NC1CCNC(Cc2ccccc2)C1)c1ccc(Cl)cc1Cl. The first kappa shape index (κ1) is 17.8. The molecule has 24 heavy (non-hydrogen) atoms. The number of piperidine rings is 1. The second-order valence-corrected chi connectivity index (χ2v) is 7.46. The Morgan fingerprint density at radius 3 is 2.71 bits per heavy atom. The fraction of sp³-hybridized carbons (Fsp3) is 0.400. The Bertz CT molecular complexity index is 660. The van der Waals surface area contributed by atoms with Gasteiger partial charge in [0.1, 0.15) is 0 Å². The lowest BCUT2D eigenvalue weighted by Crippen LogP contribution is -2.47. The van der Waals surface area contributed by atoms with Crippen molar-refractivity contribution >= 4 is 23.2 Å². The molecule has 1 heterocycles. The van der Waals surface area contributed by atoms with Crippen molar-refractivity contribution in [1.82, 2.24) is 10.6 Å². The minimum absolute atomic E-state index is 0.218. The van der Waals surface area contributed by atoms with Gasteiger partial charge in [-0.2, -0.15) is 0 Å². The maximum Gasteiger partial charge on any atom is 0.0468 e. The van der Waals surface area contributed by atoms with Crippen LogP contribution in [0.15, 0.2) is 48.5 Å². The predicted molar refractivity (Wildman–Crippen MR) is 103 cm³/mol. The number of nitrogens with one attached hydrogen (secondary N) is 2. The van der Waals surface area contributed by atoms with Crippen molar-refractivity contribution in [3.8, 4) is 0 Å². The van der Waals surface area contributed by atoms with Gasteiger partial charge in [0, 0.05) is 28.2 Å². The van der Waals surface area contributed by atoms with Gasteiger partial charge < -0.3 is 10.6 Å². The zero-order valence-corrected chi connectivity index (χ0v) is 15.4. The number of hydrogen-bond acceptors (Lipinski definition) is 2. The third-order valence-electron chi connectivity index (χ3n) is 4.73. The molecule has 2 aromatic rings. The van der Waals surface area contributed by atoms with E-state index in [1.165, 1.54) is 5.56 Å². The van der Waals surface area contributed by atoms with Crippen LogP contribution in [-0.4, -0.2) is 18.6 Å². The molecule has 0 amide bonds. The summed E-state index contributed by atoms with van der Waals surface area (Å²) in [7, 11) is 0. The summed E-state index contributed by atoms with van der Waals surface area (Å²) in [6, 6.07) is 17.7. The number of benzene rings is 2. The predicted octanol–water partition coefficient (Wildman–Crippen LogP) is 5.01. The van der Waals surface area contributed by atoms with Gasteiger partial charge in [-0.3, -0.25) is 0 Å². The van der Waals surface area contributed by atoms with Crippen LogP contribution in [0.5, 0.6) is 0 Å². The Hall–Kier alpha value is -1.06. The molecule has 0 bridgehead atoms. The summed E-state index contributed by atoms with van der Waals surface area (Å²) in [6.45, 7) is 3.22. The van der Waals surface area contributed by atoms with Crippen LogP contribution >= 0.6 is 23.2 Å². The normalized spacial score (nSPS) is 22.3. The highest BCUT2D eigenvalue weighted by molar-refractivity contribution is 6.35. The van der Waals surface area contributed by atoms with E-state index in [-0.39, 0.29) is 6.04 Å². The van der Waals surface area contributed by atoms with E-state index in [4.69, 9.17) is 23.2 Å². The third-order valence-corrected chi connectivity index (χ3v) is 5.30. The average molecular weight is 363 g/mol. The van der Waals surface area contributed by atoms with Crippen molar-refractivity contribution in [2.45, 2.75) is 44.3 Å². The molecular formula is C20H24Cl2N2. The molecule has 3 atom stereocenters. The van der Waals surface area contributed by atoms with Gasteiger partial charge in [0.15, 0.2) is 0 Å². The summed E-state index contributed by atoms with van der Waals surface area (Å²) in [6.07, 6.45) is 3.35. The van der Waals surface area contributed by atoms with Gasteiger partial charge in [0.05, 0.1) is 0 Å². The molecule has 2 N–H and O–H groups in total. The molecule has 4 heteroatoms. The van der Waals surface area contributed by atoms with E-state index in [9.17, 15) is 0 Å². The molecule has 3 rings (SSSR count). The number of hydrogen-bond donors (Lipinski definition) is 2. The Morgan fingerprint density at radius 1 is 1.17 bits per heavy atom. The lowest BCUT2D eigenvalue weighted by molar-refractivity contribution is 0.300. The van der Waals surface area contributed by atoms with Crippen LogP contribution < -0.4 is 10.6 Å². The van der Waals surface area contributed by atoms with E-state index >= 15 is 0 Å². The molecule has 0 radical (unpaired) electrons. The van der Waals surface area contributed by atoms with Crippen LogP contribution in [0.4, 0.5) is 0 Å². The quantitative estimate of drug-likeness (QED) is 0.781. The molecule has 1 aliphatic heterocycles. The van der Waals surface area contributed by atoms with Crippen LogP contribution in [0, 0.1) is 0 Å². The fourth-order valence-corrected chi connectivity index (χ4v) is 4.08. The highest BCUT2D eigenvalue weighted by Gasteiger charge is 2.23. The smallest absolute Gasteiger partial charge is 0.0468 e. The van der Waals surface area contributed by atoms with Crippen molar-refractivity contribution in [3.05, 3.63) is 69.7 Å². The van der Waals surface area contributed by atoms with Crippen molar-refractivity contribution in [1.29, 1.82) is 0 Å². The average Bonchev–Trinajstić information content (AvgIpc) is 2.56. The zero-order chi connectivity index (χ0) is 16.9. The van der Waals surface area contributed by atoms with Gasteiger partial charge in [0.2, 0.25) is 0 Å². The Labute approximate surface area is 154 Å². The van der Waals surface area contributed by atoms with Crippen molar-refractivity contribution in [3.63, 3.8) is 0 Å². The minimum atomic E-state index is 0.218. The molecule has 2 nitrogen and oxygen atoms in total. The van der Waals surface area contributed by atoms with E-state index < -0.39 is 0 Å². The van der Waals surface area contributed by atoms with Gasteiger partial charge >= 0.3 is 0 Å². The van der Waals surface area contributed by atoms with E-state index in [1.54, 1.807) is 0 Å². The number of halogens is 2. The van der Waals surface area contributed by atoms with Crippen molar-refractivity contribution < 1.29 is 0 Å². The van der Waals surface area contributed by atoms with Crippen molar-refractivity contribution in [2.75, 3.05) is 6.54 Å². The summed E-state index contributed by atoms with van der Waals surface area (Å²) in [5.74, 6) is 0. The molecule has 1 saturated heterocycles. The van der Waals surface area contributed by atoms with E-state index in [0.717, 1.165) is 36.4 Å². The summed E-state index contributed by atoms with van der Waals surface area (Å²) in [5.41, 5.74) is 2.50. The Kier molecular flexibility index (Phi) is 6.18. The van der Waals surface area contributed by atoms with E-state index in [1.807, 2.05) is 18.2 Å². The van der Waals surface area contributed by atoms with Gasteiger partial charge in [-0.05, 0) is 56.0 Å². The van der Waals surface area contributed by atoms with Gasteiger partial charge in [-0.15, -0.1) is 0 Å². The van der Waals surface area contributed by atoms with Crippen LogP contribution in [0.3, 0.4) is 0 Å². The lowest BCUT2D eigenvalue weighted by atomic mass is 9.93. The van der Waals surface area contributed by atoms with Gasteiger partial charge in [-0.1, -0.05) is 59.6 Å². The van der Waals surface area contributed by atoms with Gasteiger partial charge in [0.25, 0.3) is 0 Å². The Balaban J connectivity index is 1.58. The molecule has 1 aliphatic rings. The molecular weight excluding hydrogens is 339 g/mol. The van der Waals surface area contributed by atoms with E-state index in [0.29, 0.717) is 17.1 Å². The van der Waals surface area contributed by atoms with Crippen LogP contribution in [0.2, 0.25) is 10.0 Å². The third kappa shape index (κ3) is 4.73. The summed E-state index contributed by atoms with van der Waals surface area (Å²) in [4.78, 5) is 0. The highest BCUT2D eigenvalue weighted by atomic mass is 35.5. The monoisotopic (exact) mass is 362 g/mol. The van der Waals surface area contributed by atoms with Crippen LogP contribution in [-0.2, 0) is 6.42 Å². The minimum Gasteiger partial charge on any atom is -0.314 e. The molecule has 0 aliphatic carbocycles. The van der Waals surface area contributed by atoms with Crippen molar-refractivity contribution in [2.24, 2.45) is 0 Å². The molecule has 0 aromatic heterocycles. The molecule has 1 fully saturated rings. The maximum atomic E-state index is 6.34. The highest BCUT2D eigenvalue weighted by Crippen LogP contribution is 2.27. The second-order valence-electron chi connectivity index (χ2n) is 6.62. The molecule has 128 valence electrons. The van der Waals surface area contributed by atoms with E-state index in [2.05, 4.69) is 47.9 Å². The number of rotatable bonds is 5. The van der Waals surface area contributed by atoms with Gasteiger partial charge in [-0.25, -0.2) is 0 Å². The molecule has 2 aromatic carbocycles. The first-order chi connectivity index (χ1) is 11.6. The fourth-order valence-electron chi connectivity index (χ4n) is 3.51.